The molecule has 486 valence electrons. The van der Waals surface area contributed by atoms with Crippen molar-refractivity contribution in [1.29, 1.82) is 0 Å². The average Bonchev–Trinajstić information content (AvgIpc) is 0.822. The number of benzene rings is 3. The van der Waals surface area contributed by atoms with Crippen LogP contribution in [0.4, 0.5) is 13.2 Å². The van der Waals surface area contributed by atoms with E-state index in [0.717, 1.165) is 65.4 Å². The zero-order chi connectivity index (χ0) is 61.8. The Bertz CT molecular complexity index is 2540. The summed E-state index contributed by atoms with van der Waals surface area (Å²) in [6.07, 6.45) is 18.8. The van der Waals surface area contributed by atoms with Crippen LogP contribution in [-0.2, 0) is 101 Å². The molecule has 15 heteroatoms. The largest absolute Gasteiger partial charge is 0.494 e. The molecule has 0 N–H and O–H groups in total. The van der Waals surface area contributed by atoms with E-state index < -0.39 is 29.4 Å². The van der Waals surface area contributed by atoms with Crippen LogP contribution in [0.15, 0.2) is 72.8 Å². The summed E-state index contributed by atoms with van der Waals surface area (Å²) in [5, 5.41) is 0. The Morgan fingerprint density at radius 3 is 1.55 bits per heavy atom. The molecule has 5 saturated carbocycles. The van der Waals surface area contributed by atoms with Crippen LogP contribution in [-0.4, -0.2) is 77.7 Å². The monoisotopic (exact) mass is 1380 g/mol. The summed E-state index contributed by atoms with van der Waals surface area (Å²) in [7, 11) is 1.50. The van der Waals surface area contributed by atoms with Gasteiger partial charge in [0.2, 0.25) is 23.6 Å². The maximum absolute atomic E-state index is 13.0. The van der Waals surface area contributed by atoms with Crippen LogP contribution >= 0.6 is 0 Å². The second-order valence-corrected chi connectivity index (χ2v) is 25.7. The molecule has 10 rings (SSSR count). The molecule has 4 amide bonds. The number of aryl methyl sites for hydroxylation is 3. The number of hydrogen-bond acceptors (Lipinski definition) is 8. The zero-order valence-electron chi connectivity index (χ0n) is 54.0. The minimum Gasteiger partial charge on any atom is -0.494 e. The van der Waals surface area contributed by atoms with Gasteiger partial charge in [-0.25, -0.2) is 4.79 Å². The minimum atomic E-state index is -4.13. The summed E-state index contributed by atoms with van der Waals surface area (Å²) in [6.45, 7) is 22.6. The smallest absolute Gasteiger partial charge is 0.389 e. The standard InChI is InChI=1S/C24H25F3O4.C20H28N2O4.C10H20.C9H12.2C4H8.2CH4.2Y/c1-2-30-23(29)14-9-18-5-10-20(11-6-18)22(28)17-19-7-12-21(13-8-19)31-16-4-3-15-24(25,26)27;1-12-4-5-14(11-13(2)10-12)22-17(25)20(18(22)26)8-6-19(7-9-20)15(23)21(3)16(19)24;1-5-10-8(3)6-7(2)9(10)4;1-7-4-8(2)6-9(3)5-7;2*1-2-4-3-1;;;;/h5-14H,2-4,15-17H2,1H3;12-14H,4-11H2,1-3H3;7-10H,5-6H2,1-4H3;4-6H,1-3H3;2*1-4H2;2*1H4;;/b14-9+;;;;;;;;;. The molecule has 10 nitrogen and oxygen atoms in total. The van der Waals surface area contributed by atoms with Crippen LogP contribution in [0.5, 0.6) is 5.75 Å². The maximum atomic E-state index is 13.0. The van der Waals surface area contributed by atoms with E-state index in [1.165, 1.54) is 98.9 Å². The summed E-state index contributed by atoms with van der Waals surface area (Å²) in [6, 6.07) is 20.4. The van der Waals surface area contributed by atoms with Gasteiger partial charge in [-0.2, -0.15) is 13.2 Å². The fraction of sp³-hybridized carbons (Fsp3) is 0.644. The molecule has 2 radical (unpaired) electrons. The number of Topliss-reactive ketones (excluding diaryl/α,β-unsaturated/α-hetero) is 1. The molecule has 7 fully saturated rings. The first-order chi connectivity index (χ1) is 39.8. The van der Waals surface area contributed by atoms with Gasteiger partial charge >= 0.3 is 12.1 Å². The van der Waals surface area contributed by atoms with Gasteiger partial charge in [0, 0.05) is 103 Å². The first-order valence-corrected chi connectivity index (χ1v) is 31.9. The number of unbranched alkanes of at least 4 members (excludes halogenated alkanes) is 1. The number of esters is 1. The number of ketones is 1. The van der Waals surface area contributed by atoms with Crippen molar-refractivity contribution in [2.45, 2.75) is 238 Å². The molecular formula is C73H109F3N2O8Y2. The fourth-order valence-electron chi connectivity index (χ4n) is 13.0. The van der Waals surface area contributed by atoms with Crippen molar-refractivity contribution in [2.24, 2.45) is 46.3 Å². The van der Waals surface area contributed by atoms with Crippen molar-refractivity contribution in [2.75, 3.05) is 20.3 Å². The number of amides is 4. The molecule has 2 heterocycles. The number of alkyl halides is 3. The van der Waals surface area contributed by atoms with Gasteiger partial charge < -0.3 is 9.47 Å². The van der Waals surface area contributed by atoms with Crippen molar-refractivity contribution < 1.29 is 117 Å². The van der Waals surface area contributed by atoms with Crippen LogP contribution in [0.1, 0.15) is 236 Å². The normalized spacial score (nSPS) is 23.4. The number of likely N-dealkylation sites (tertiary alicyclic amines) is 2. The van der Waals surface area contributed by atoms with E-state index in [-0.39, 0.29) is 135 Å². The summed E-state index contributed by atoms with van der Waals surface area (Å²) in [5.41, 5.74) is 4.29. The first-order valence-electron chi connectivity index (χ1n) is 31.9. The van der Waals surface area contributed by atoms with E-state index in [0.29, 0.717) is 61.9 Å². The van der Waals surface area contributed by atoms with Crippen molar-refractivity contribution >= 4 is 41.5 Å². The number of nitrogens with zero attached hydrogens (tertiary/aromatic N) is 2. The summed E-state index contributed by atoms with van der Waals surface area (Å²) in [5.74, 6) is 4.75. The number of imide groups is 2. The predicted octanol–water partition coefficient (Wildman–Crippen LogP) is 18.2. The molecule has 7 unspecified atom stereocenters. The van der Waals surface area contributed by atoms with Gasteiger partial charge in [0.1, 0.15) is 16.6 Å². The van der Waals surface area contributed by atoms with Gasteiger partial charge in [0.15, 0.2) is 5.78 Å². The second-order valence-electron chi connectivity index (χ2n) is 25.7. The van der Waals surface area contributed by atoms with E-state index in [1.807, 2.05) is 0 Å². The molecule has 3 aromatic rings. The Hall–Kier alpha value is -3.38. The minimum absolute atomic E-state index is 0. The second kappa shape index (κ2) is 39.9. The van der Waals surface area contributed by atoms with Gasteiger partial charge in [-0.3, -0.25) is 33.8 Å². The Balaban J connectivity index is 0.000000601. The first kappa shape index (κ1) is 82.6. The van der Waals surface area contributed by atoms with E-state index in [9.17, 15) is 41.9 Å². The number of hydrogen-bond donors (Lipinski definition) is 0. The molecule has 0 aromatic heterocycles. The van der Waals surface area contributed by atoms with Gasteiger partial charge in [-0.15, -0.1) is 0 Å². The number of rotatable bonds is 13. The SMILES string of the molecule is C.C.C1CCC1.C1CCC1.CC1CCC(N2C(=O)C3(CCC4(CC3)C(=O)N(C)C4=O)C2=O)CC(C)C1.CCC1C(C)CC(C)C1C.CCOC(=O)/C=C/c1ccc(C(=O)Cc2ccc(OCCCCC(F)(F)F)cc2)cc1.Cc1cc(C)cc(C)c1.[Y].[Y]. The van der Waals surface area contributed by atoms with Crippen molar-refractivity contribution in [3.8, 4) is 5.75 Å². The number of halogens is 3. The van der Waals surface area contributed by atoms with Gasteiger partial charge in [-0.05, 0) is 163 Å². The maximum Gasteiger partial charge on any atom is 0.389 e. The van der Waals surface area contributed by atoms with Crippen molar-refractivity contribution in [3.05, 3.63) is 106 Å². The van der Waals surface area contributed by atoms with E-state index in [2.05, 4.69) is 80.5 Å². The Labute approximate surface area is 579 Å². The van der Waals surface area contributed by atoms with Crippen molar-refractivity contribution in [1.82, 2.24) is 9.80 Å². The number of β-lactam (4-membered cyclic amide) rings is 4. The molecular weight excluding hydrogens is 1270 g/mol. The van der Waals surface area contributed by atoms with Crippen LogP contribution in [0.25, 0.3) is 6.08 Å². The third-order valence-electron chi connectivity index (χ3n) is 18.7. The molecule has 3 aromatic carbocycles. The Morgan fingerprint density at radius 2 is 1.12 bits per heavy atom. The third-order valence-corrected chi connectivity index (χ3v) is 18.7. The van der Waals surface area contributed by atoms with Gasteiger partial charge in [-0.1, -0.05) is 185 Å². The van der Waals surface area contributed by atoms with E-state index in [1.54, 1.807) is 61.5 Å². The Kier molecular flexibility index (Phi) is 37.5. The molecule has 2 saturated heterocycles. The number of carbonyl (C=O) groups is 6. The molecule has 2 spiro atoms. The molecule has 5 aliphatic carbocycles. The van der Waals surface area contributed by atoms with Crippen LogP contribution in [0, 0.1) is 67.1 Å². The van der Waals surface area contributed by atoms with Crippen molar-refractivity contribution in [3.63, 3.8) is 0 Å². The fourth-order valence-corrected chi connectivity index (χ4v) is 13.0. The molecule has 2 aliphatic heterocycles. The average molecular weight is 1380 g/mol. The van der Waals surface area contributed by atoms with Crippen LogP contribution in [0.2, 0.25) is 0 Å². The van der Waals surface area contributed by atoms with Gasteiger partial charge in [0.25, 0.3) is 0 Å². The molecule has 7 aliphatic rings. The summed E-state index contributed by atoms with van der Waals surface area (Å²) < 4.78 is 46.6. The molecule has 0 bridgehead atoms. The third kappa shape index (κ3) is 24.3. The van der Waals surface area contributed by atoms with Gasteiger partial charge in [0.05, 0.1) is 13.2 Å². The van der Waals surface area contributed by atoms with E-state index in [4.69, 9.17) is 9.47 Å². The quantitative estimate of drug-likeness (QED) is 0.0315. The molecule has 88 heavy (non-hydrogen) atoms. The van der Waals surface area contributed by atoms with Crippen LogP contribution < -0.4 is 4.74 Å². The summed E-state index contributed by atoms with van der Waals surface area (Å²) >= 11 is 0. The predicted molar refractivity (Wildman–Crippen MR) is 342 cm³/mol. The topological polar surface area (TPSA) is 127 Å². The zero-order valence-corrected chi connectivity index (χ0v) is 59.6. The van der Waals surface area contributed by atoms with Crippen LogP contribution in [0.3, 0.4) is 0 Å². The number of carbonyl (C=O) groups excluding carboxylic acids is 6. The molecule has 7 atom stereocenters. The number of ether oxygens (including phenoxy) is 2. The summed E-state index contributed by atoms with van der Waals surface area (Å²) in [4.78, 5) is 76.9. The Morgan fingerprint density at radius 1 is 0.636 bits per heavy atom. The van der Waals surface area contributed by atoms with E-state index >= 15 is 0 Å².